The maximum absolute atomic E-state index is 10.9. The van der Waals surface area contributed by atoms with Gasteiger partial charge in [0.2, 0.25) is 5.95 Å². The van der Waals surface area contributed by atoms with Gasteiger partial charge in [-0.25, -0.2) is 4.98 Å². The molecule has 0 bridgehead atoms. The molecule has 1 N–H and O–H groups in total. The number of hydrogen-bond acceptors (Lipinski definition) is 6. The van der Waals surface area contributed by atoms with Gasteiger partial charge in [0.25, 0.3) is 5.88 Å². The Hall–Kier alpha value is -1.92. The zero-order valence-corrected chi connectivity index (χ0v) is 10.2. The van der Waals surface area contributed by atoms with Gasteiger partial charge in [0.05, 0.1) is 11.5 Å². The largest absolute Gasteiger partial charge is 0.473 e. The van der Waals surface area contributed by atoms with E-state index in [-0.39, 0.29) is 11.6 Å². The Kier molecular flexibility index (Phi) is 4.62. The van der Waals surface area contributed by atoms with Crippen LogP contribution in [0.3, 0.4) is 0 Å². The van der Waals surface area contributed by atoms with Gasteiger partial charge in [-0.2, -0.15) is 4.98 Å². The summed E-state index contributed by atoms with van der Waals surface area (Å²) in [5.41, 5.74) is 0.126. The highest BCUT2D eigenvalue weighted by atomic mass is 16.6. The van der Waals surface area contributed by atoms with Crippen molar-refractivity contribution in [3.05, 3.63) is 15.8 Å². The fourth-order valence-electron chi connectivity index (χ4n) is 1.28. The van der Waals surface area contributed by atoms with Gasteiger partial charge in [-0.05, 0) is 13.3 Å². The minimum Gasteiger partial charge on any atom is -0.473 e. The lowest BCUT2D eigenvalue weighted by Gasteiger charge is -2.08. The number of nitrogens with one attached hydrogen (secondary N) is 1. The van der Waals surface area contributed by atoms with E-state index < -0.39 is 4.92 Å². The molecule has 0 fully saturated rings. The molecule has 1 heterocycles. The number of aryl methyl sites for hydroxylation is 1. The van der Waals surface area contributed by atoms with E-state index in [1.54, 1.807) is 14.0 Å². The first kappa shape index (κ1) is 13.1. The van der Waals surface area contributed by atoms with E-state index in [1.165, 1.54) is 0 Å². The van der Waals surface area contributed by atoms with Gasteiger partial charge < -0.3 is 10.1 Å². The molecule has 0 amide bonds. The predicted molar refractivity (Wildman–Crippen MR) is 63.4 cm³/mol. The Morgan fingerprint density at radius 2 is 2.18 bits per heavy atom. The summed E-state index contributed by atoms with van der Waals surface area (Å²) in [5.74, 6) is 0.347. The number of anilines is 1. The average molecular weight is 240 g/mol. The monoisotopic (exact) mass is 240 g/mol. The van der Waals surface area contributed by atoms with Crippen LogP contribution in [0.2, 0.25) is 0 Å². The molecule has 0 saturated carbocycles. The van der Waals surface area contributed by atoms with E-state index in [2.05, 4.69) is 15.3 Å². The van der Waals surface area contributed by atoms with Crippen LogP contribution in [0.4, 0.5) is 11.6 Å². The second-order valence-electron chi connectivity index (χ2n) is 3.50. The third-order valence-corrected chi connectivity index (χ3v) is 2.17. The molecule has 0 aliphatic carbocycles. The normalized spacial score (nSPS) is 10.1. The molecule has 94 valence electrons. The van der Waals surface area contributed by atoms with Crippen LogP contribution < -0.4 is 10.1 Å². The third-order valence-electron chi connectivity index (χ3n) is 2.17. The number of nitro groups is 1. The van der Waals surface area contributed by atoms with Crippen molar-refractivity contribution in [2.75, 3.05) is 19.0 Å². The maximum atomic E-state index is 10.9. The van der Waals surface area contributed by atoms with Gasteiger partial charge in [0.15, 0.2) is 0 Å². The Labute approximate surface area is 99.4 Å². The summed E-state index contributed by atoms with van der Waals surface area (Å²) in [5, 5.41) is 13.6. The zero-order chi connectivity index (χ0) is 12.8. The molecule has 0 unspecified atom stereocenters. The van der Waals surface area contributed by atoms with Crippen LogP contribution in [0.15, 0.2) is 0 Å². The quantitative estimate of drug-likeness (QED) is 0.464. The fourth-order valence-corrected chi connectivity index (χ4v) is 1.28. The van der Waals surface area contributed by atoms with E-state index in [9.17, 15) is 10.1 Å². The van der Waals surface area contributed by atoms with Crippen LogP contribution in [-0.2, 0) is 0 Å². The van der Waals surface area contributed by atoms with Gasteiger partial charge in [-0.3, -0.25) is 10.1 Å². The average Bonchev–Trinajstić information content (AvgIpc) is 2.28. The van der Waals surface area contributed by atoms with Crippen molar-refractivity contribution in [2.24, 2.45) is 0 Å². The molecule has 7 heteroatoms. The van der Waals surface area contributed by atoms with Crippen molar-refractivity contribution < 1.29 is 9.66 Å². The first-order valence-electron chi connectivity index (χ1n) is 5.43. The summed E-state index contributed by atoms with van der Waals surface area (Å²) in [7, 11) is 1.65. The van der Waals surface area contributed by atoms with E-state index in [0.29, 0.717) is 18.2 Å². The molecule has 0 atom stereocenters. The van der Waals surface area contributed by atoms with Crippen molar-refractivity contribution in [1.29, 1.82) is 0 Å². The Morgan fingerprint density at radius 1 is 1.47 bits per heavy atom. The number of rotatable bonds is 6. The first-order valence-corrected chi connectivity index (χ1v) is 5.43. The highest BCUT2D eigenvalue weighted by Crippen LogP contribution is 2.28. The van der Waals surface area contributed by atoms with Gasteiger partial charge in [0, 0.05) is 7.05 Å². The predicted octanol–water partition coefficient (Wildman–Crippen LogP) is 1.91. The highest BCUT2D eigenvalue weighted by molar-refractivity contribution is 5.48. The minimum atomic E-state index is -0.518. The second kappa shape index (κ2) is 5.97. The van der Waals surface area contributed by atoms with Crippen molar-refractivity contribution in [2.45, 2.75) is 26.7 Å². The fraction of sp³-hybridized carbons (Fsp3) is 0.600. The Balaban J connectivity index is 3.04. The number of hydrogen-bond donors (Lipinski definition) is 1. The van der Waals surface area contributed by atoms with Crippen LogP contribution in [0, 0.1) is 17.0 Å². The van der Waals surface area contributed by atoms with E-state index in [0.717, 1.165) is 12.8 Å². The van der Waals surface area contributed by atoms with Gasteiger partial charge in [-0.1, -0.05) is 13.3 Å². The smallest absolute Gasteiger partial charge is 0.352 e. The maximum Gasteiger partial charge on any atom is 0.352 e. The number of ether oxygens (including phenoxy) is 1. The standard InChI is InChI=1S/C10H16N4O3/c1-4-5-6-17-9-8(14(15)16)7(2)12-10(11-3)13-9/h4-6H2,1-3H3,(H,11,12,13). The number of aromatic nitrogens is 2. The molecule has 17 heavy (non-hydrogen) atoms. The summed E-state index contributed by atoms with van der Waals surface area (Å²) in [6.45, 7) is 3.99. The van der Waals surface area contributed by atoms with Crippen molar-refractivity contribution in [3.8, 4) is 5.88 Å². The summed E-state index contributed by atoms with van der Waals surface area (Å²) in [6, 6.07) is 0. The molecule has 1 rings (SSSR count). The Morgan fingerprint density at radius 3 is 2.71 bits per heavy atom. The lowest BCUT2D eigenvalue weighted by molar-refractivity contribution is -0.387. The molecule has 0 radical (unpaired) electrons. The molecule has 0 aromatic carbocycles. The van der Waals surface area contributed by atoms with Crippen molar-refractivity contribution in [3.63, 3.8) is 0 Å². The molecular formula is C10H16N4O3. The van der Waals surface area contributed by atoms with E-state index in [1.807, 2.05) is 6.92 Å². The van der Waals surface area contributed by atoms with Crippen LogP contribution in [0.1, 0.15) is 25.5 Å². The summed E-state index contributed by atoms with van der Waals surface area (Å²) >= 11 is 0. The summed E-state index contributed by atoms with van der Waals surface area (Å²) in [6.07, 6.45) is 1.78. The van der Waals surface area contributed by atoms with Gasteiger partial charge in [0.1, 0.15) is 5.69 Å². The molecule has 1 aromatic heterocycles. The molecule has 0 aliphatic heterocycles. The second-order valence-corrected chi connectivity index (χ2v) is 3.50. The van der Waals surface area contributed by atoms with Crippen LogP contribution in [0.5, 0.6) is 5.88 Å². The summed E-state index contributed by atoms with van der Waals surface area (Å²) < 4.78 is 5.33. The molecule has 1 aromatic rings. The minimum absolute atomic E-state index is 0.0281. The number of unbranched alkanes of at least 4 members (excludes halogenated alkanes) is 1. The molecule has 0 saturated heterocycles. The molecule has 7 nitrogen and oxygen atoms in total. The van der Waals surface area contributed by atoms with Gasteiger partial charge >= 0.3 is 5.69 Å². The first-order chi connectivity index (χ1) is 8.10. The topological polar surface area (TPSA) is 90.2 Å². The molecule has 0 aliphatic rings. The van der Waals surface area contributed by atoms with Crippen LogP contribution in [0.25, 0.3) is 0 Å². The lowest BCUT2D eigenvalue weighted by atomic mass is 10.3. The summed E-state index contributed by atoms with van der Waals surface area (Å²) in [4.78, 5) is 18.3. The van der Waals surface area contributed by atoms with Crippen molar-refractivity contribution in [1.82, 2.24) is 9.97 Å². The lowest BCUT2D eigenvalue weighted by Crippen LogP contribution is -2.08. The number of nitrogens with zero attached hydrogens (tertiary/aromatic N) is 3. The zero-order valence-electron chi connectivity index (χ0n) is 10.2. The van der Waals surface area contributed by atoms with Gasteiger partial charge in [-0.15, -0.1) is 0 Å². The van der Waals surface area contributed by atoms with Crippen LogP contribution in [-0.4, -0.2) is 28.5 Å². The highest BCUT2D eigenvalue weighted by Gasteiger charge is 2.23. The van der Waals surface area contributed by atoms with Crippen molar-refractivity contribution >= 4 is 11.6 Å². The third kappa shape index (κ3) is 3.27. The van der Waals surface area contributed by atoms with Crippen LogP contribution >= 0.6 is 0 Å². The van der Waals surface area contributed by atoms with E-state index in [4.69, 9.17) is 4.74 Å². The molecule has 0 spiro atoms. The molecular weight excluding hydrogens is 224 g/mol. The SMILES string of the molecule is CCCCOc1nc(NC)nc(C)c1[N+](=O)[O-]. The van der Waals surface area contributed by atoms with E-state index >= 15 is 0 Å². The Bertz CT molecular complexity index is 409.